The van der Waals surface area contributed by atoms with Crippen molar-refractivity contribution in [3.8, 4) is 0 Å². The molecule has 0 radical (unpaired) electrons. The third kappa shape index (κ3) is 3.21. The van der Waals surface area contributed by atoms with Crippen LogP contribution in [-0.2, 0) is 9.59 Å². The number of rotatable bonds is 3. The molecule has 0 aliphatic carbocycles. The molecule has 2 rings (SSSR count). The van der Waals surface area contributed by atoms with Crippen molar-refractivity contribution in [1.29, 1.82) is 0 Å². The van der Waals surface area contributed by atoms with Gasteiger partial charge in [-0.1, -0.05) is 0 Å². The molecule has 2 aliphatic rings. The maximum Gasteiger partial charge on any atom is 0.267 e. The van der Waals surface area contributed by atoms with Crippen LogP contribution in [0.3, 0.4) is 0 Å². The Bertz CT molecular complexity index is 362. The van der Waals surface area contributed by atoms with Crippen LogP contribution in [-0.4, -0.2) is 34.6 Å². The SMILES string of the molecule is CC1(CNC(=O)C2=NNC(=O)CC2)CCCS1. The van der Waals surface area contributed by atoms with Crippen LogP contribution >= 0.6 is 11.8 Å². The van der Waals surface area contributed by atoms with Gasteiger partial charge in [0.05, 0.1) is 0 Å². The molecule has 94 valence electrons. The Hall–Kier alpha value is -1.04. The molecule has 0 aromatic heterocycles. The van der Waals surface area contributed by atoms with Gasteiger partial charge in [-0.2, -0.15) is 16.9 Å². The molecule has 2 aliphatic heterocycles. The van der Waals surface area contributed by atoms with E-state index < -0.39 is 0 Å². The number of hydrazone groups is 1. The highest BCUT2D eigenvalue weighted by Gasteiger charge is 2.30. The molecule has 2 heterocycles. The quantitative estimate of drug-likeness (QED) is 0.778. The van der Waals surface area contributed by atoms with Crippen LogP contribution in [0.4, 0.5) is 0 Å². The summed E-state index contributed by atoms with van der Waals surface area (Å²) in [5, 5.41) is 6.68. The molecule has 1 unspecified atom stereocenters. The summed E-state index contributed by atoms with van der Waals surface area (Å²) in [7, 11) is 0. The Balaban J connectivity index is 1.83. The first kappa shape index (κ1) is 12.4. The number of hydrogen-bond acceptors (Lipinski definition) is 4. The first-order chi connectivity index (χ1) is 8.09. The lowest BCUT2D eigenvalue weighted by atomic mass is 10.1. The molecule has 0 aromatic rings. The van der Waals surface area contributed by atoms with E-state index in [0.717, 1.165) is 6.42 Å². The third-order valence-corrected chi connectivity index (χ3v) is 4.63. The van der Waals surface area contributed by atoms with Crippen LogP contribution in [0, 0.1) is 0 Å². The number of amides is 2. The van der Waals surface area contributed by atoms with Gasteiger partial charge < -0.3 is 5.32 Å². The van der Waals surface area contributed by atoms with Crippen molar-refractivity contribution < 1.29 is 9.59 Å². The maximum atomic E-state index is 11.8. The lowest BCUT2D eigenvalue weighted by Crippen LogP contribution is -2.42. The minimum Gasteiger partial charge on any atom is -0.350 e. The molecule has 1 atom stereocenters. The molecule has 1 saturated heterocycles. The van der Waals surface area contributed by atoms with Crippen LogP contribution < -0.4 is 10.7 Å². The van der Waals surface area contributed by atoms with Crippen LogP contribution in [0.15, 0.2) is 5.10 Å². The van der Waals surface area contributed by atoms with Gasteiger partial charge in [-0.25, -0.2) is 5.43 Å². The van der Waals surface area contributed by atoms with Gasteiger partial charge in [0, 0.05) is 24.1 Å². The number of thioether (sulfide) groups is 1. The molecule has 2 N–H and O–H groups in total. The van der Waals surface area contributed by atoms with Crippen LogP contribution in [0.25, 0.3) is 0 Å². The van der Waals surface area contributed by atoms with Crippen molar-refractivity contribution in [3.63, 3.8) is 0 Å². The molecule has 0 saturated carbocycles. The summed E-state index contributed by atoms with van der Waals surface area (Å²) in [6.07, 6.45) is 3.13. The summed E-state index contributed by atoms with van der Waals surface area (Å²) in [6.45, 7) is 2.85. The molecule has 0 bridgehead atoms. The van der Waals surface area contributed by atoms with E-state index in [4.69, 9.17) is 0 Å². The summed E-state index contributed by atoms with van der Waals surface area (Å²) in [4.78, 5) is 22.7. The second-order valence-corrected chi connectivity index (χ2v) is 6.36. The van der Waals surface area contributed by atoms with Gasteiger partial charge in [0.25, 0.3) is 5.91 Å². The number of hydrogen-bond donors (Lipinski definition) is 2. The van der Waals surface area contributed by atoms with Crippen LogP contribution in [0.2, 0.25) is 0 Å². The van der Waals surface area contributed by atoms with E-state index in [0.29, 0.717) is 25.1 Å². The summed E-state index contributed by atoms with van der Waals surface area (Å²) in [6, 6.07) is 0. The molecule has 2 amide bonds. The highest BCUT2D eigenvalue weighted by Crippen LogP contribution is 2.36. The maximum absolute atomic E-state index is 11.8. The van der Waals surface area contributed by atoms with Crippen LogP contribution in [0.5, 0.6) is 0 Å². The van der Waals surface area contributed by atoms with Crippen LogP contribution in [0.1, 0.15) is 32.6 Å². The van der Waals surface area contributed by atoms with Gasteiger partial charge in [0.15, 0.2) is 0 Å². The predicted octanol–water partition coefficient (Wildman–Crippen LogP) is 0.654. The summed E-state index contributed by atoms with van der Waals surface area (Å²) >= 11 is 1.91. The van der Waals surface area contributed by atoms with E-state index in [-0.39, 0.29) is 16.6 Å². The van der Waals surface area contributed by atoms with Gasteiger partial charge in [-0.05, 0) is 25.5 Å². The van der Waals surface area contributed by atoms with Crippen molar-refractivity contribution in [2.45, 2.75) is 37.4 Å². The summed E-state index contributed by atoms with van der Waals surface area (Å²) in [5.74, 6) is 0.891. The van der Waals surface area contributed by atoms with E-state index in [1.54, 1.807) is 0 Å². The van der Waals surface area contributed by atoms with Gasteiger partial charge in [0.2, 0.25) is 5.91 Å². The van der Waals surface area contributed by atoms with E-state index in [2.05, 4.69) is 22.8 Å². The van der Waals surface area contributed by atoms with Gasteiger partial charge in [0.1, 0.15) is 5.71 Å². The largest absolute Gasteiger partial charge is 0.350 e. The van der Waals surface area contributed by atoms with Gasteiger partial charge in [-0.3, -0.25) is 9.59 Å². The second-order valence-electron chi connectivity index (χ2n) is 4.68. The Morgan fingerprint density at radius 2 is 2.41 bits per heavy atom. The third-order valence-electron chi connectivity index (χ3n) is 3.09. The van der Waals surface area contributed by atoms with E-state index in [9.17, 15) is 9.59 Å². The lowest BCUT2D eigenvalue weighted by Gasteiger charge is -2.23. The van der Waals surface area contributed by atoms with Crippen molar-refractivity contribution in [3.05, 3.63) is 0 Å². The molecular formula is C11H17N3O2S. The van der Waals surface area contributed by atoms with E-state index >= 15 is 0 Å². The lowest BCUT2D eigenvalue weighted by molar-refractivity contribution is -0.121. The highest BCUT2D eigenvalue weighted by atomic mass is 32.2. The molecule has 6 heteroatoms. The first-order valence-electron chi connectivity index (χ1n) is 5.87. The minimum atomic E-state index is -0.154. The smallest absolute Gasteiger partial charge is 0.267 e. The standard InChI is InChI=1S/C11H17N3O2S/c1-11(5-2-6-17-11)7-12-10(16)8-3-4-9(15)14-13-8/h2-7H2,1H3,(H,12,16)(H,14,15). The van der Waals surface area contributed by atoms with Crippen molar-refractivity contribution in [2.24, 2.45) is 5.10 Å². The summed E-state index contributed by atoms with van der Waals surface area (Å²) < 4.78 is 0.161. The topological polar surface area (TPSA) is 70.6 Å². The average molecular weight is 255 g/mol. The Morgan fingerprint density at radius 3 is 3.00 bits per heavy atom. The van der Waals surface area contributed by atoms with E-state index in [1.807, 2.05) is 11.8 Å². The minimum absolute atomic E-state index is 0.125. The average Bonchev–Trinajstić information content (AvgIpc) is 2.75. The van der Waals surface area contributed by atoms with E-state index in [1.165, 1.54) is 12.2 Å². The zero-order valence-corrected chi connectivity index (χ0v) is 10.7. The number of nitrogens with one attached hydrogen (secondary N) is 2. The molecule has 5 nitrogen and oxygen atoms in total. The Kier molecular flexibility index (Phi) is 3.71. The number of carbonyl (C=O) groups excluding carboxylic acids is 2. The normalized spacial score (nSPS) is 28.5. The highest BCUT2D eigenvalue weighted by molar-refractivity contribution is 8.00. The first-order valence-corrected chi connectivity index (χ1v) is 6.85. The molecule has 0 spiro atoms. The molecule has 17 heavy (non-hydrogen) atoms. The van der Waals surface area contributed by atoms with Gasteiger partial charge in [-0.15, -0.1) is 0 Å². The van der Waals surface area contributed by atoms with Crippen molar-refractivity contribution in [1.82, 2.24) is 10.7 Å². The predicted molar refractivity (Wildman–Crippen MR) is 67.9 cm³/mol. The molecule has 1 fully saturated rings. The summed E-state index contributed by atoms with van der Waals surface area (Å²) in [5.41, 5.74) is 2.76. The zero-order chi connectivity index (χ0) is 12.3. The second kappa shape index (κ2) is 5.08. The van der Waals surface area contributed by atoms with Crippen molar-refractivity contribution in [2.75, 3.05) is 12.3 Å². The Morgan fingerprint density at radius 1 is 1.59 bits per heavy atom. The Labute approximate surface area is 105 Å². The monoisotopic (exact) mass is 255 g/mol. The fraction of sp³-hybridized carbons (Fsp3) is 0.727. The molecule has 0 aromatic carbocycles. The number of carbonyl (C=O) groups is 2. The van der Waals surface area contributed by atoms with Crippen molar-refractivity contribution >= 4 is 29.3 Å². The fourth-order valence-corrected chi connectivity index (χ4v) is 3.23. The number of nitrogens with zero attached hydrogens (tertiary/aromatic N) is 1. The van der Waals surface area contributed by atoms with Gasteiger partial charge >= 0.3 is 0 Å². The molecular weight excluding hydrogens is 238 g/mol. The zero-order valence-electron chi connectivity index (χ0n) is 9.91. The fourth-order valence-electron chi connectivity index (χ4n) is 1.98.